The van der Waals surface area contributed by atoms with E-state index in [0.29, 0.717) is 12.6 Å². The van der Waals surface area contributed by atoms with E-state index in [0.717, 1.165) is 36.4 Å². The molecule has 1 aliphatic heterocycles. The van der Waals surface area contributed by atoms with E-state index in [-0.39, 0.29) is 24.0 Å². The monoisotopic (exact) mass is 514 g/mol. The molecule has 1 aliphatic rings. The van der Waals surface area contributed by atoms with E-state index in [4.69, 9.17) is 0 Å². The van der Waals surface area contributed by atoms with Crippen molar-refractivity contribution in [3.63, 3.8) is 0 Å². The first-order chi connectivity index (χ1) is 13.1. The molecule has 0 spiro atoms. The number of aliphatic imine (C=N–C) groups is 1. The summed E-state index contributed by atoms with van der Waals surface area (Å²) < 4.78 is 0. The van der Waals surface area contributed by atoms with Gasteiger partial charge in [-0.3, -0.25) is 9.89 Å². The van der Waals surface area contributed by atoms with Gasteiger partial charge in [-0.25, -0.2) is 4.98 Å². The smallest absolute Gasteiger partial charge is 0.191 e. The third-order valence-electron chi connectivity index (χ3n) is 4.68. The van der Waals surface area contributed by atoms with Crippen molar-refractivity contribution in [1.29, 1.82) is 0 Å². The van der Waals surface area contributed by atoms with Crippen molar-refractivity contribution < 1.29 is 0 Å². The lowest BCUT2D eigenvalue weighted by Crippen LogP contribution is -2.50. The number of anilines is 1. The number of rotatable bonds is 6. The molecular formula is C20H31IN6S. The Hall–Kier alpha value is -1.39. The largest absolute Gasteiger partial charge is 0.354 e. The highest BCUT2D eigenvalue weighted by Gasteiger charge is 2.20. The van der Waals surface area contributed by atoms with Crippen molar-refractivity contribution >= 4 is 46.4 Å². The number of hydrogen-bond acceptors (Lipinski definition) is 5. The van der Waals surface area contributed by atoms with Gasteiger partial charge in [-0.1, -0.05) is 30.3 Å². The Morgan fingerprint density at radius 3 is 2.79 bits per heavy atom. The van der Waals surface area contributed by atoms with E-state index in [2.05, 4.69) is 61.2 Å². The predicted molar refractivity (Wildman–Crippen MR) is 130 cm³/mol. The predicted octanol–water partition coefficient (Wildman–Crippen LogP) is 3.16. The first kappa shape index (κ1) is 22.9. The van der Waals surface area contributed by atoms with Gasteiger partial charge in [0.2, 0.25) is 0 Å². The number of piperidine rings is 1. The standard InChI is InChI=1S/C20H30N6S.HI/c1-21-19(22-12-18-15-27-20(24-18)25(2)3)23-17-10-7-11-26(14-17)13-16-8-5-4-6-9-16;/h4-6,8-9,15,17H,7,10-14H2,1-3H3,(H2,21,22,23);1H. The molecule has 1 aromatic heterocycles. The zero-order valence-electron chi connectivity index (χ0n) is 16.9. The van der Waals surface area contributed by atoms with Crippen molar-refractivity contribution in [3.8, 4) is 0 Å². The molecule has 0 aliphatic carbocycles. The Morgan fingerprint density at radius 1 is 1.32 bits per heavy atom. The SMILES string of the molecule is CN=C(NCc1csc(N(C)C)n1)NC1CCCN(Cc2ccccc2)C1.I. The average Bonchev–Trinajstić information content (AvgIpc) is 3.16. The summed E-state index contributed by atoms with van der Waals surface area (Å²) in [6.07, 6.45) is 2.38. The molecule has 0 bridgehead atoms. The van der Waals surface area contributed by atoms with Crippen LogP contribution in [0.25, 0.3) is 0 Å². The summed E-state index contributed by atoms with van der Waals surface area (Å²) in [6.45, 7) is 3.89. The number of hydrogen-bond donors (Lipinski definition) is 2. The fourth-order valence-corrected chi connectivity index (χ4v) is 4.06. The van der Waals surface area contributed by atoms with Gasteiger partial charge < -0.3 is 15.5 Å². The van der Waals surface area contributed by atoms with Crippen LogP contribution >= 0.6 is 35.3 Å². The summed E-state index contributed by atoms with van der Waals surface area (Å²) in [5.74, 6) is 0.848. The van der Waals surface area contributed by atoms with Gasteiger partial charge >= 0.3 is 0 Å². The molecule has 1 fully saturated rings. The summed E-state index contributed by atoms with van der Waals surface area (Å²) >= 11 is 1.66. The summed E-state index contributed by atoms with van der Waals surface area (Å²) in [5.41, 5.74) is 2.42. The number of halogens is 1. The molecule has 1 atom stereocenters. The van der Waals surface area contributed by atoms with Crippen LogP contribution in [0.4, 0.5) is 5.13 Å². The maximum Gasteiger partial charge on any atom is 0.191 e. The third-order valence-corrected chi connectivity index (χ3v) is 5.74. The minimum atomic E-state index is 0. The van der Waals surface area contributed by atoms with Crippen LogP contribution in [0.15, 0.2) is 40.7 Å². The number of nitrogens with one attached hydrogen (secondary N) is 2. The fourth-order valence-electron chi connectivity index (χ4n) is 3.30. The highest BCUT2D eigenvalue weighted by atomic mass is 127. The molecule has 8 heteroatoms. The van der Waals surface area contributed by atoms with Crippen molar-refractivity contribution in [1.82, 2.24) is 20.5 Å². The van der Waals surface area contributed by atoms with Gasteiger partial charge in [-0.2, -0.15) is 0 Å². The molecule has 3 rings (SSSR count). The molecule has 154 valence electrons. The molecule has 1 saturated heterocycles. The highest BCUT2D eigenvalue weighted by Crippen LogP contribution is 2.17. The Bertz CT molecular complexity index is 733. The Morgan fingerprint density at radius 2 is 2.11 bits per heavy atom. The van der Waals surface area contributed by atoms with Gasteiger partial charge in [-0.15, -0.1) is 35.3 Å². The number of benzene rings is 1. The van der Waals surface area contributed by atoms with Gasteiger partial charge in [0.25, 0.3) is 0 Å². The van der Waals surface area contributed by atoms with Gasteiger partial charge in [0, 0.05) is 45.7 Å². The third kappa shape index (κ3) is 6.89. The molecule has 0 amide bonds. The minimum Gasteiger partial charge on any atom is -0.354 e. The summed E-state index contributed by atoms with van der Waals surface area (Å²) in [4.78, 5) is 13.6. The highest BCUT2D eigenvalue weighted by molar-refractivity contribution is 14.0. The number of guanidine groups is 1. The summed E-state index contributed by atoms with van der Waals surface area (Å²) in [6, 6.07) is 11.1. The first-order valence-electron chi connectivity index (χ1n) is 9.49. The van der Waals surface area contributed by atoms with Crippen LogP contribution in [0.3, 0.4) is 0 Å². The second-order valence-corrected chi connectivity index (χ2v) is 7.98. The van der Waals surface area contributed by atoms with E-state index >= 15 is 0 Å². The molecule has 28 heavy (non-hydrogen) atoms. The molecule has 2 heterocycles. The zero-order valence-corrected chi connectivity index (χ0v) is 20.0. The molecule has 0 radical (unpaired) electrons. The zero-order chi connectivity index (χ0) is 19.1. The maximum absolute atomic E-state index is 4.61. The van der Waals surface area contributed by atoms with E-state index in [1.165, 1.54) is 18.4 Å². The van der Waals surface area contributed by atoms with E-state index in [9.17, 15) is 0 Å². The molecule has 1 aromatic carbocycles. The van der Waals surface area contributed by atoms with Crippen molar-refractivity contribution in [2.75, 3.05) is 39.1 Å². The van der Waals surface area contributed by atoms with Gasteiger partial charge in [0.05, 0.1) is 12.2 Å². The van der Waals surface area contributed by atoms with Crippen LogP contribution in [-0.4, -0.2) is 56.1 Å². The second-order valence-electron chi connectivity index (χ2n) is 7.15. The van der Waals surface area contributed by atoms with E-state index in [1.54, 1.807) is 11.3 Å². The quantitative estimate of drug-likeness (QED) is 0.353. The van der Waals surface area contributed by atoms with Crippen molar-refractivity contribution in [2.45, 2.75) is 32.0 Å². The van der Waals surface area contributed by atoms with Crippen molar-refractivity contribution in [3.05, 3.63) is 47.0 Å². The lowest BCUT2D eigenvalue weighted by molar-refractivity contribution is 0.192. The normalized spacial score (nSPS) is 17.7. The van der Waals surface area contributed by atoms with E-state index in [1.807, 2.05) is 26.0 Å². The first-order valence-corrected chi connectivity index (χ1v) is 10.4. The fraction of sp³-hybridized carbons (Fsp3) is 0.500. The summed E-state index contributed by atoms with van der Waals surface area (Å²) in [5, 5.41) is 10.1. The number of likely N-dealkylation sites (tertiary alicyclic amines) is 1. The minimum absolute atomic E-state index is 0. The second kappa shape index (κ2) is 11.6. The van der Waals surface area contributed by atoms with Crippen molar-refractivity contribution in [2.24, 2.45) is 4.99 Å². The maximum atomic E-state index is 4.61. The van der Waals surface area contributed by atoms with Gasteiger partial charge in [0.1, 0.15) is 0 Å². The Balaban J connectivity index is 0.00000280. The molecule has 6 nitrogen and oxygen atoms in total. The van der Waals surface area contributed by atoms with Crippen LogP contribution in [-0.2, 0) is 13.1 Å². The lowest BCUT2D eigenvalue weighted by Gasteiger charge is -2.34. The molecule has 2 aromatic rings. The molecular weight excluding hydrogens is 483 g/mol. The summed E-state index contributed by atoms with van der Waals surface area (Å²) in [7, 11) is 5.85. The Labute approximate surface area is 189 Å². The van der Waals surface area contributed by atoms with Crippen LogP contribution in [0.2, 0.25) is 0 Å². The molecule has 0 saturated carbocycles. The molecule has 1 unspecified atom stereocenters. The van der Waals surface area contributed by atoms with Crippen LogP contribution in [0.5, 0.6) is 0 Å². The lowest BCUT2D eigenvalue weighted by atomic mass is 10.0. The number of aromatic nitrogens is 1. The topological polar surface area (TPSA) is 55.8 Å². The van der Waals surface area contributed by atoms with Gasteiger partial charge in [-0.05, 0) is 24.9 Å². The molecule has 2 N–H and O–H groups in total. The van der Waals surface area contributed by atoms with Crippen LogP contribution in [0, 0.1) is 0 Å². The van der Waals surface area contributed by atoms with Crippen LogP contribution in [0.1, 0.15) is 24.1 Å². The number of nitrogens with zero attached hydrogens (tertiary/aromatic N) is 4. The number of thiazole rings is 1. The van der Waals surface area contributed by atoms with Crippen LogP contribution < -0.4 is 15.5 Å². The Kier molecular flexibility index (Phi) is 9.46. The van der Waals surface area contributed by atoms with Gasteiger partial charge in [0.15, 0.2) is 11.1 Å². The average molecular weight is 514 g/mol. The van der Waals surface area contributed by atoms with E-state index < -0.39 is 0 Å².